The number of imidazole rings is 1. The molecule has 0 saturated carbocycles. The first kappa shape index (κ1) is 13.3. The molecule has 1 saturated heterocycles. The van der Waals surface area contributed by atoms with Gasteiger partial charge < -0.3 is 15.0 Å². The van der Waals surface area contributed by atoms with Crippen molar-refractivity contribution in [2.45, 2.75) is 18.9 Å². The molecule has 5 nitrogen and oxygen atoms in total. The molecule has 5 heteroatoms. The average Bonchev–Trinajstić information content (AvgIpc) is 3.13. The van der Waals surface area contributed by atoms with E-state index in [-0.39, 0.29) is 0 Å². The molecule has 112 valence electrons. The standard InChI is InChI=1S/C17H18N4O/c22-14-4-1-3-12(9-14)10-16-20-15-5-2-7-19-17(15)21(16)13-6-8-18-11-13/h1-5,7,9,13,18,22H,6,8,10-11H2. The van der Waals surface area contributed by atoms with Gasteiger partial charge in [-0.25, -0.2) is 9.97 Å². The van der Waals surface area contributed by atoms with Crippen LogP contribution in [0.15, 0.2) is 42.6 Å². The maximum Gasteiger partial charge on any atom is 0.160 e. The van der Waals surface area contributed by atoms with Crippen LogP contribution >= 0.6 is 0 Å². The van der Waals surface area contributed by atoms with E-state index in [0.717, 1.165) is 42.1 Å². The highest BCUT2D eigenvalue weighted by atomic mass is 16.3. The van der Waals surface area contributed by atoms with Gasteiger partial charge in [0, 0.05) is 19.2 Å². The summed E-state index contributed by atoms with van der Waals surface area (Å²) < 4.78 is 2.26. The number of nitrogens with zero attached hydrogens (tertiary/aromatic N) is 3. The van der Waals surface area contributed by atoms with Crippen LogP contribution < -0.4 is 5.32 Å². The van der Waals surface area contributed by atoms with E-state index in [2.05, 4.69) is 14.9 Å². The van der Waals surface area contributed by atoms with E-state index in [0.29, 0.717) is 18.2 Å². The molecule has 1 aliphatic rings. The molecule has 3 heterocycles. The fourth-order valence-corrected chi connectivity index (χ4v) is 3.19. The zero-order valence-corrected chi connectivity index (χ0v) is 12.2. The van der Waals surface area contributed by atoms with Gasteiger partial charge in [0.05, 0.1) is 6.04 Å². The smallest absolute Gasteiger partial charge is 0.160 e. The highest BCUT2D eigenvalue weighted by molar-refractivity contribution is 5.71. The second kappa shape index (κ2) is 5.42. The zero-order valence-electron chi connectivity index (χ0n) is 12.2. The molecule has 1 aliphatic heterocycles. The Hall–Kier alpha value is -2.40. The van der Waals surface area contributed by atoms with Gasteiger partial charge in [0.15, 0.2) is 5.65 Å². The second-order valence-corrected chi connectivity index (χ2v) is 5.74. The Labute approximate surface area is 128 Å². The van der Waals surface area contributed by atoms with Crippen molar-refractivity contribution >= 4 is 11.2 Å². The first-order valence-corrected chi connectivity index (χ1v) is 7.62. The van der Waals surface area contributed by atoms with Crippen molar-refractivity contribution in [3.63, 3.8) is 0 Å². The first-order chi connectivity index (χ1) is 10.8. The van der Waals surface area contributed by atoms with Gasteiger partial charge >= 0.3 is 0 Å². The summed E-state index contributed by atoms with van der Waals surface area (Å²) in [7, 11) is 0. The van der Waals surface area contributed by atoms with Crippen LogP contribution in [0.5, 0.6) is 5.75 Å². The Morgan fingerprint density at radius 2 is 2.23 bits per heavy atom. The van der Waals surface area contributed by atoms with E-state index in [1.165, 1.54) is 0 Å². The monoisotopic (exact) mass is 294 g/mol. The van der Waals surface area contributed by atoms with Crippen molar-refractivity contribution in [2.75, 3.05) is 13.1 Å². The van der Waals surface area contributed by atoms with Crippen molar-refractivity contribution in [1.29, 1.82) is 0 Å². The number of aromatic nitrogens is 3. The molecule has 22 heavy (non-hydrogen) atoms. The molecule has 3 aromatic rings. The van der Waals surface area contributed by atoms with Gasteiger partial charge in [-0.05, 0) is 42.8 Å². The molecule has 2 aromatic heterocycles. The fraction of sp³-hybridized carbons (Fsp3) is 0.294. The SMILES string of the molecule is Oc1cccc(Cc2nc3cccnc3n2C2CCNC2)c1. The third kappa shape index (κ3) is 2.33. The lowest BCUT2D eigenvalue weighted by atomic mass is 10.1. The first-order valence-electron chi connectivity index (χ1n) is 7.62. The number of pyridine rings is 1. The quantitative estimate of drug-likeness (QED) is 0.778. The number of hydrogen-bond donors (Lipinski definition) is 2. The third-order valence-electron chi connectivity index (χ3n) is 4.19. The minimum absolute atomic E-state index is 0.292. The van der Waals surface area contributed by atoms with Gasteiger partial charge in [-0.2, -0.15) is 0 Å². The van der Waals surface area contributed by atoms with Crippen molar-refractivity contribution < 1.29 is 5.11 Å². The lowest BCUT2D eigenvalue weighted by molar-refractivity contribution is 0.474. The number of aromatic hydroxyl groups is 1. The maximum absolute atomic E-state index is 9.66. The Morgan fingerprint density at radius 3 is 3.05 bits per heavy atom. The molecule has 0 aliphatic carbocycles. The normalized spacial score (nSPS) is 18.1. The summed E-state index contributed by atoms with van der Waals surface area (Å²) in [5.41, 5.74) is 2.94. The van der Waals surface area contributed by atoms with Crippen molar-refractivity contribution in [3.8, 4) is 5.75 Å². The van der Waals surface area contributed by atoms with Gasteiger partial charge in [-0.3, -0.25) is 0 Å². The molecule has 1 atom stereocenters. The predicted molar refractivity (Wildman–Crippen MR) is 85.0 cm³/mol. The minimum atomic E-state index is 0.292. The van der Waals surface area contributed by atoms with Gasteiger partial charge in [0.2, 0.25) is 0 Å². The summed E-state index contributed by atoms with van der Waals surface area (Å²) in [6.45, 7) is 1.98. The van der Waals surface area contributed by atoms with Crippen LogP contribution in [-0.4, -0.2) is 32.7 Å². The fourth-order valence-electron chi connectivity index (χ4n) is 3.19. The molecular formula is C17H18N4O. The molecule has 0 spiro atoms. The van der Waals surface area contributed by atoms with Gasteiger partial charge in [-0.1, -0.05) is 12.1 Å². The number of phenols is 1. The van der Waals surface area contributed by atoms with E-state index in [1.54, 1.807) is 12.1 Å². The summed E-state index contributed by atoms with van der Waals surface area (Å²) in [4.78, 5) is 9.30. The van der Waals surface area contributed by atoms with Crippen molar-refractivity contribution in [2.24, 2.45) is 0 Å². The highest BCUT2D eigenvalue weighted by Gasteiger charge is 2.23. The van der Waals surface area contributed by atoms with Crippen LogP contribution in [0.4, 0.5) is 0 Å². The molecule has 1 fully saturated rings. The van der Waals surface area contributed by atoms with E-state index in [1.807, 2.05) is 30.5 Å². The predicted octanol–water partition coefficient (Wildman–Crippen LogP) is 2.26. The van der Waals surface area contributed by atoms with E-state index < -0.39 is 0 Å². The van der Waals surface area contributed by atoms with Gasteiger partial charge in [0.25, 0.3) is 0 Å². The lowest BCUT2D eigenvalue weighted by Crippen LogP contribution is -2.16. The number of rotatable bonds is 3. The zero-order chi connectivity index (χ0) is 14.9. The lowest BCUT2D eigenvalue weighted by Gasteiger charge is -2.15. The minimum Gasteiger partial charge on any atom is -0.508 e. The maximum atomic E-state index is 9.66. The third-order valence-corrected chi connectivity index (χ3v) is 4.19. The Balaban J connectivity index is 1.80. The highest BCUT2D eigenvalue weighted by Crippen LogP contribution is 2.25. The Kier molecular flexibility index (Phi) is 3.27. The molecule has 2 N–H and O–H groups in total. The Bertz CT molecular complexity index is 805. The molecule has 1 aromatic carbocycles. The molecule has 4 rings (SSSR count). The van der Waals surface area contributed by atoms with Crippen molar-refractivity contribution in [3.05, 3.63) is 54.0 Å². The van der Waals surface area contributed by atoms with Crippen molar-refractivity contribution in [1.82, 2.24) is 19.9 Å². The molecular weight excluding hydrogens is 276 g/mol. The van der Waals surface area contributed by atoms with Crippen LogP contribution in [0.3, 0.4) is 0 Å². The number of hydrogen-bond acceptors (Lipinski definition) is 4. The van der Waals surface area contributed by atoms with Crippen LogP contribution in [-0.2, 0) is 6.42 Å². The Morgan fingerprint density at radius 1 is 1.27 bits per heavy atom. The summed E-state index contributed by atoms with van der Waals surface area (Å²) in [5, 5.41) is 13.1. The number of fused-ring (bicyclic) bond motifs is 1. The number of benzene rings is 1. The molecule has 0 bridgehead atoms. The number of nitrogens with one attached hydrogen (secondary N) is 1. The van der Waals surface area contributed by atoms with E-state index in [4.69, 9.17) is 4.98 Å². The largest absolute Gasteiger partial charge is 0.508 e. The molecule has 1 unspecified atom stereocenters. The topological polar surface area (TPSA) is 63.0 Å². The molecule has 0 amide bonds. The average molecular weight is 294 g/mol. The summed E-state index contributed by atoms with van der Waals surface area (Å²) in [5.74, 6) is 1.30. The van der Waals surface area contributed by atoms with Crippen LogP contribution in [0.1, 0.15) is 23.9 Å². The van der Waals surface area contributed by atoms with E-state index in [9.17, 15) is 5.11 Å². The van der Waals surface area contributed by atoms with Crippen LogP contribution in [0, 0.1) is 0 Å². The summed E-state index contributed by atoms with van der Waals surface area (Å²) >= 11 is 0. The van der Waals surface area contributed by atoms with Crippen LogP contribution in [0.2, 0.25) is 0 Å². The van der Waals surface area contributed by atoms with E-state index >= 15 is 0 Å². The number of phenolic OH excluding ortho intramolecular Hbond substituents is 1. The molecule has 0 radical (unpaired) electrons. The van der Waals surface area contributed by atoms with Gasteiger partial charge in [0.1, 0.15) is 17.1 Å². The summed E-state index contributed by atoms with van der Waals surface area (Å²) in [6, 6.07) is 11.7. The summed E-state index contributed by atoms with van der Waals surface area (Å²) in [6.07, 6.45) is 3.61. The van der Waals surface area contributed by atoms with Gasteiger partial charge in [-0.15, -0.1) is 0 Å². The second-order valence-electron chi connectivity index (χ2n) is 5.74. The van der Waals surface area contributed by atoms with Crippen LogP contribution in [0.25, 0.3) is 11.2 Å².